The molecule has 1 unspecified atom stereocenters. The van der Waals surface area contributed by atoms with Crippen molar-refractivity contribution in [3.8, 4) is 11.5 Å². The molecule has 0 spiro atoms. The van der Waals surface area contributed by atoms with E-state index in [2.05, 4.69) is 86.6 Å². The summed E-state index contributed by atoms with van der Waals surface area (Å²) in [5.41, 5.74) is 1.94. The molecular formula is C17H22Br3NO3SSi. The van der Waals surface area contributed by atoms with E-state index in [0.717, 1.165) is 31.2 Å². The highest BCUT2D eigenvalue weighted by molar-refractivity contribution is 9.24. The SMILES string of the molecule is CC(C)(C)[Si](C)(C)OCC1COc2c(cc(C(Br)Br)c3nc(Br)sc23)O1. The average Bonchev–Trinajstić information content (AvgIpc) is 2.92. The molecule has 0 bridgehead atoms. The molecular weight excluding hydrogens is 566 g/mol. The lowest BCUT2D eigenvalue weighted by Gasteiger charge is -2.38. The van der Waals surface area contributed by atoms with E-state index in [9.17, 15) is 0 Å². The maximum Gasteiger partial charge on any atom is 0.192 e. The monoisotopic (exact) mass is 585 g/mol. The summed E-state index contributed by atoms with van der Waals surface area (Å²) in [6, 6.07) is 2.00. The summed E-state index contributed by atoms with van der Waals surface area (Å²) in [7, 11) is -1.81. The minimum atomic E-state index is -1.81. The van der Waals surface area contributed by atoms with Crippen LogP contribution in [0.3, 0.4) is 0 Å². The molecule has 0 amide bonds. The van der Waals surface area contributed by atoms with Gasteiger partial charge in [-0.1, -0.05) is 52.6 Å². The van der Waals surface area contributed by atoms with E-state index in [0.29, 0.717) is 13.2 Å². The molecule has 9 heteroatoms. The largest absolute Gasteiger partial charge is 0.484 e. The van der Waals surface area contributed by atoms with Gasteiger partial charge in [-0.25, -0.2) is 4.98 Å². The van der Waals surface area contributed by atoms with Crippen LogP contribution in [0.25, 0.3) is 10.2 Å². The number of aromatic nitrogens is 1. The van der Waals surface area contributed by atoms with Crippen LogP contribution in [0.15, 0.2) is 9.98 Å². The first-order valence-corrected chi connectivity index (χ1v) is 14.7. The molecule has 0 saturated heterocycles. The van der Waals surface area contributed by atoms with Crippen molar-refractivity contribution in [3.05, 3.63) is 15.5 Å². The summed E-state index contributed by atoms with van der Waals surface area (Å²) in [6.45, 7) is 12.2. The van der Waals surface area contributed by atoms with Crippen molar-refractivity contribution in [2.24, 2.45) is 0 Å². The predicted octanol–water partition coefficient (Wildman–Crippen LogP) is 7.01. The van der Waals surface area contributed by atoms with Crippen molar-refractivity contribution >= 4 is 77.7 Å². The second-order valence-corrected chi connectivity index (χ2v) is 18.0. The molecule has 1 aromatic heterocycles. The molecule has 3 rings (SSSR count). The quantitative estimate of drug-likeness (QED) is 0.285. The van der Waals surface area contributed by atoms with Gasteiger partial charge in [-0.05, 0) is 40.1 Å². The third-order valence-electron chi connectivity index (χ3n) is 4.97. The van der Waals surface area contributed by atoms with Crippen molar-refractivity contribution in [2.45, 2.75) is 48.7 Å². The van der Waals surface area contributed by atoms with Crippen LogP contribution in [-0.2, 0) is 4.43 Å². The fourth-order valence-corrected chi connectivity index (χ4v) is 5.63. The van der Waals surface area contributed by atoms with E-state index in [-0.39, 0.29) is 14.9 Å². The highest BCUT2D eigenvalue weighted by Gasteiger charge is 2.38. The van der Waals surface area contributed by atoms with E-state index >= 15 is 0 Å². The lowest BCUT2D eigenvalue weighted by Crippen LogP contribution is -2.45. The molecule has 26 heavy (non-hydrogen) atoms. The summed E-state index contributed by atoms with van der Waals surface area (Å²) in [6.07, 6.45) is -0.109. The summed E-state index contributed by atoms with van der Waals surface area (Å²) >= 11 is 12.2. The zero-order valence-electron chi connectivity index (χ0n) is 15.4. The molecule has 2 aromatic rings. The van der Waals surface area contributed by atoms with E-state index < -0.39 is 8.32 Å². The Morgan fingerprint density at radius 3 is 2.69 bits per heavy atom. The van der Waals surface area contributed by atoms with Gasteiger partial charge in [0, 0.05) is 5.56 Å². The van der Waals surface area contributed by atoms with Gasteiger partial charge in [0.25, 0.3) is 0 Å². The van der Waals surface area contributed by atoms with Gasteiger partial charge in [0.05, 0.1) is 15.9 Å². The number of halogens is 3. The molecule has 1 aliphatic heterocycles. The molecule has 0 fully saturated rings. The Morgan fingerprint density at radius 2 is 2.08 bits per heavy atom. The van der Waals surface area contributed by atoms with E-state index in [1.54, 1.807) is 11.3 Å². The number of alkyl halides is 2. The second kappa shape index (κ2) is 7.63. The molecule has 144 valence electrons. The first-order chi connectivity index (χ1) is 12.0. The highest BCUT2D eigenvalue weighted by Crippen LogP contribution is 2.48. The first-order valence-electron chi connectivity index (χ1n) is 8.34. The molecule has 1 atom stereocenters. The van der Waals surface area contributed by atoms with Gasteiger partial charge in [0.1, 0.15) is 11.3 Å². The minimum Gasteiger partial charge on any atom is -0.484 e. The number of rotatable bonds is 4. The number of fused-ring (bicyclic) bond motifs is 3. The van der Waals surface area contributed by atoms with Crippen LogP contribution < -0.4 is 9.47 Å². The summed E-state index contributed by atoms with van der Waals surface area (Å²) in [4.78, 5) is 4.58. The van der Waals surface area contributed by atoms with Gasteiger partial charge in [-0.15, -0.1) is 11.3 Å². The number of nitrogens with zero attached hydrogens (tertiary/aromatic N) is 1. The Morgan fingerprint density at radius 1 is 1.38 bits per heavy atom. The molecule has 1 aliphatic rings. The lowest BCUT2D eigenvalue weighted by atomic mass is 10.2. The molecule has 2 heterocycles. The third kappa shape index (κ3) is 4.17. The van der Waals surface area contributed by atoms with Gasteiger partial charge in [0.15, 0.2) is 29.8 Å². The Balaban J connectivity index is 1.84. The molecule has 0 N–H and O–H groups in total. The first kappa shape index (κ1) is 21.0. The van der Waals surface area contributed by atoms with Crippen LogP contribution in [-0.4, -0.2) is 32.6 Å². The number of ether oxygens (including phenoxy) is 2. The molecule has 0 radical (unpaired) electrons. The smallest absolute Gasteiger partial charge is 0.192 e. The molecule has 1 aromatic carbocycles. The van der Waals surface area contributed by atoms with Crippen LogP contribution in [0.1, 0.15) is 30.1 Å². The number of thiazole rings is 1. The minimum absolute atomic E-state index is 0.00995. The zero-order chi connectivity index (χ0) is 19.3. The molecule has 4 nitrogen and oxygen atoms in total. The Bertz CT molecular complexity index is 820. The molecule has 0 aliphatic carbocycles. The van der Waals surface area contributed by atoms with Crippen molar-refractivity contribution < 1.29 is 13.9 Å². The van der Waals surface area contributed by atoms with Crippen molar-refractivity contribution in [2.75, 3.05) is 13.2 Å². The fraction of sp³-hybridized carbons (Fsp3) is 0.588. The van der Waals surface area contributed by atoms with Crippen molar-refractivity contribution in [3.63, 3.8) is 0 Å². The Hall–Kier alpha value is 0.327. The van der Waals surface area contributed by atoms with E-state index in [1.165, 1.54) is 0 Å². The fourth-order valence-electron chi connectivity index (χ4n) is 2.41. The van der Waals surface area contributed by atoms with Crippen LogP contribution in [0.5, 0.6) is 11.5 Å². The number of hydrogen-bond acceptors (Lipinski definition) is 5. The van der Waals surface area contributed by atoms with Gasteiger partial charge < -0.3 is 13.9 Å². The average molecular weight is 588 g/mol. The summed E-state index contributed by atoms with van der Waals surface area (Å²) in [5.74, 6) is 1.53. The van der Waals surface area contributed by atoms with Crippen LogP contribution >= 0.6 is 59.1 Å². The number of benzene rings is 1. The summed E-state index contributed by atoms with van der Waals surface area (Å²) < 4.78 is 20.5. The second-order valence-electron chi connectivity index (χ2n) is 7.86. The van der Waals surface area contributed by atoms with Gasteiger partial charge >= 0.3 is 0 Å². The Labute approximate surface area is 184 Å². The summed E-state index contributed by atoms with van der Waals surface area (Å²) in [5, 5.41) is 0.174. The van der Waals surface area contributed by atoms with Crippen molar-refractivity contribution in [1.29, 1.82) is 0 Å². The van der Waals surface area contributed by atoms with Gasteiger partial charge in [-0.2, -0.15) is 0 Å². The van der Waals surface area contributed by atoms with E-state index in [4.69, 9.17) is 13.9 Å². The Kier molecular flexibility index (Phi) is 6.17. The van der Waals surface area contributed by atoms with Crippen LogP contribution in [0, 0.1) is 0 Å². The maximum atomic E-state index is 6.32. The lowest BCUT2D eigenvalue weighted by molar-refractivity contribution is 0.0504. The number of hydrogen-bond donors (Lipinski definition) is 0. The standard InChI is InChI=1S/C17H22Br3NO3SSi/c1-17(2,3)26(4,5)23-8-9-7-22-13-11(24-9)6-10(15(18)19)12-14(13)25-16(20)21-12/h6,9,15H,7-8H2,1-5H3. The van der Waals surface area contributed by atoms with Crippen LogP contribution in [0.4, 0.5) is 0 Å². The van der Waals surface area contributed by atoms with Gasteiger partial charge in [0.2, 0.25) is 0 Å². The van der Waals surface area contributed by atoms with Crippen LogP contribution in [0.2, 0.25) is 18.1 Å². The zero-order valence-corrected chi connectivity index (χ0v) is 21.9. The normalized spacial score (nSPS) is 18.0. The predicted molar refractivity (Wildman–Crippen MR) is 121 cm³/mol. The third-order valence-corrected chi connectivity index (χ3v) is 12.0. The van der Waals surface area contributed by atoms with E-state index in [1.807, 2.05) is 6.07 Å². The van der Waals surface area contributed by atoms with Crippen molar-refractivity contribution in [1.82, 2.24) is 4.98 Å². The topological polar surface area (TPSA) is 40.6 Å². The van der Waals surface area contributed by atoms with Gasteiger partial charge in [-0.3, -0.25) is 0 Å². The maximum absolute atomic E-state index is 6.32. The molecule has 0 saturated carbocycles. The highest BCUT2D eigenvalue weighted by atomic mass is 79.9.